The maximum atomic E-state index is 13.4. The van der Waals surface area contributed by atoms with Gasteiger partial charge in [0.2, 0.25) is 5.88 Å². The quantitative estimate of drug-likeness (QED) is 0.552. The van der Waals surface area contributed by atoms with E-state index in [1.165, 1.54) is 17.3 Å². The zero-order chi connectivity index (χ0) is 18.1. The summed E-state index contributed by atoms with van der Waals surface area (Å²) in [6.45, 7) is 0.746. The van der Waals surface area contributed by atoms with Crippen LogP contribution in [0.4, 0.5) is 0 Å². The van der Waals surface area contributed by atoms with Crippen molar-refractivity contribution in [2.45, 2.75) is 17.6 Å². The van der Waals surface area contributed by atoms with Gasteiger partial charge in [0.15, 0.2) is 5.16 Å². The largest absolute Gasteiger partial charge is 0.493 e. The molecule has 0 fully saturated rings. The third-order valence-electron chi connectivity index (χ3n) is 4.66. The first-order valence-corrected chi connectivity index (χ1v) is 9.69. The summed E-state index contributed by atoms with van der Waals surface area (Å²) in [5.41, 5.74) is 2.99. The third-order valence-corrected chi connectivity index (χ3v) is 5.30. The van der Waals surface area contributed by atoms with Crippen LogP contribution in [0, 0.1) is 0 Å². The highest BCUT2D eigenvalue weighted by Gasteiger charge is 2.29. The molecule has 3 aromatic rings. The molecule has 0 amide bonds. The fraction of sp³-hybridized carbons (Fsp3) is 0.200. The molecule has 6 heteroatoms. The van der Waals surface area contributed by atoms with Crippen LogP contribution < -0.4 is 10.9 Å². The Labute approximate surface area is 155 Å². The molecule has 0 aliphatic carbocycles. The van der Waals surface area contributed by atoms with E-state index in [0.29, 0.717) is 10.7 Å². The Kier molecular flexibility index (Phi) is 4.53. The maximum absolute atomic E-state index is 13.4. The van der Waals surface area contributed by atoms with Crippen molar-refractivity contribution in [1.82, 2.24) is 14.9 Å². The lowest BCUT2D eigenvalue weighted by Crippen LogP contribution is -2.36. The molecule has 26 heavy (non-hydrogen) atoms. The second-order valence-electron chi connectivity index (χ2n) is 6.15. The molecule has 0 unspecified atom stereocenters. The summed E-state index contributed by atoms with van der Waals surface area (Å²) in [4.78, 5) is 17.7. The smallest absolute Gasteiger partial charge is 0.267 e. The van der Waals surface area contributed by atoms with Gasteiger partial charge in [0.25, 0.3) is 5.56 Å². The fourth-order valence-corrected chi connectivity index (χ4v) is 4.01. The van der Waals surface area contributed by atoms with Crippen LogP contribution >= 0.6 is 11.8 Å². The van der Waals surface area contributed by atoms with Crippen molar-refractivity contribution in [3.63, 3.8) is 0 Å². The van der Waals surface area contributed by atoms with Gasteiger partial charge in [-0.2, -0.15) is 4.98 Å². The molecule has 0 saturated carbocycles. The Morgan fingerprint density at radius 3 is 2.65 bits per heavy atom. The summed E-state index contributed by atoms with van der Waals surface area (Å²) in [5, 5.41) is 14.4. The van der Waals surface area contributed by atoms with Gasteiger partial charge in [-0.3, -0.25) is 9.36 Å². The molecule has 5 nitrogen and oxygen atoms in total. The first kappa shape index (κ1) is 16.9. The average molecular weight is 365 g/mol. The van der Waals surface area contributed by atoms with Crippen molar-refractivity contribution in [1.29, 1.82) is 0 Å². The van der Waals surface area contributed by atoms with Crippen molar-refractivity contribution in [2.24, 2.45) is 0 Å². The van der Waals surface area contributed by atoms with Crippen LogP contribution in [0.3, 0.4) is 0 Å². The molecule has 1 aliphatic rings. The highest BCUT2D eigenvalue weighted by molar-refractivity contribution is 7.98. The van der Waals surface area contributed by atoms with E-state index in [9.17, 15) is 9.90 Å². The number of thioether (sulfide) groups is 1. The molecular formula is C20H19N3O2S. The Balaban J connectivity index is 1.96. The highest BCUT2D eigenvalue weighted by atomic mass is 32.2. The van der Waals surface area contributed by atoms with E-state index < -0.39 is 0 Å². The van der Waals surface area contributed by atoms with E-state index in [4.69, 9.17) is 0 Å². The molecule has 1 atom stereocenters. The Bertz CT molecular complexity index is 1000. The Morgan fingerprint density at radius 1 is 1.15 bits per heavy atom. The van der Waals surface area contributed by atoms with E-state index in [1.807, 2.05) is 54.8 Å². The number of nitrogens with one attached hydrogen (secondary N) is 1. The van der Waals surface area contributed by atoms with Gasteiger partial charge in [-0.15, -0.1) is 0 Å². The predicted molar refractivity (Wildman–Crippen MR) is 103 cm³/mol. The average Bonchev–Trinajstić information content (AvgIpc) is 2.68. The summed E-state index contributed by atoms with van der Waals surface area (Å²) in [7, 11) is 0. The van der Waals surface area contributed by atoms with E-state index in [0.717, 1.165) is 24.2 Å². The van der Waals surface area contributed by atoms with Gasteiger partial charge in [0.05, 0.1) is 11.7 Å². The predicted octanol–water partition coefficient (Wildman–Crippen LogP) is 2.90. The first-order valence-electron chi connectivity index (χ1n) is 8.47. The van der Waals surface area contributed by atoms with Crippen LogP contribution in [0.5, 0.6) is 5.88 Å². The van der Waals surface area contributed by atoms with Crippen LogP contribution in [0.2, 0.25) is 0 Å². The summed E-state index contributed by atoms with van der Waals surface area (Å²) < 4.78 is 1.57. The van der Waals surface area contributed by atoms with Gasteiger partial charge in [-0.05, 0) is 35.9 Å². The number of hydrogen-bond acceptors (Lipinski definition) is 5. The van der Waals surface area contributed by atoms with E-state index in [1.54, 1.807) is 4.57 Å². The summed E-state index contributed by atoms with van der Waals surface area (Å²) in [6.07, 6.45) is 2.74. The van der Waals surface area contributed by atoms with Gasteiger partial charge in [-0.1, -0.05) is 54.2 Å². The molecule has 2 heterocycles. The number of rotatable bonds is 3. The zero-order valence-corrected chi connectivity index (χ0v) is 15.2. The lowest BCUT2D eigenvalue weighted by atomic mass is 9.91. The van der Waals surface area contributed by atoms with Gasteiger partial charge in [0.1, 0.15) is 5.56 Å². The van der Waals surface area contributed by atoms with Crippen LogP contribution in [-0.2, 0) is 6.42 Å². The van der Waals surface area contributed by atoms with E-state index in [2.05, 4.69) is 16.4 Å². The third kappa shape index (κ3) is 2.81. The molecule has 2 N–H and O–H groups in total. The number of fused-ring (bicyclic) bond motifs is 1. The first-order chi connectivity index (χ1) is 12.7. The van der Waals surface area contributed by atoms with Crippen LogP contribution in [0.1, 0.15) is 22.7 Å². The van der Waals surface area contributed by atoms with Gasteiger partial charge in [0, 0.05) is 6.54 Å². The maximum Gasteiger partial charge on any atom is 0.267 e. The molecule has 0 bridgehead atoms. The van der Waals surface area contributed by atoms with Crippen LogP contribution in [0.15, 0.2) is 64.5 Å². The van der Waals surface area contributed by atoms with E-state index >= 15 is 0 Å². The number of benzene rings is 2. The number of aromatic nitrogens is 2. The Morgan fingerprint density at radius 2 is 1.88 bits per heavy atom. The molecule has 1 aromatic heterocycles. The van der Waals surface area contributed by atoms with Crippen molar-refractivity contribution in [3.8, 4) is 11.6 Å². The second kappa shape index (κ2) is 6.97. The SMILES string of the molecule is CSc1nc(O)c([C@H]2NCCc3ccccc32)c(=O)n1-c1ccccc1. The summed E-state index contributed by atoms with van der Waals surface area (Å²) >= 11 is 1.33. The minimum Gasteiger partial charge on any atom is -0.493 e. The number of para-hydroxylation sites is 1. The van der Waals surface area contributed by atoms with Crippen molar-refractivity contribution in [2.75, 3.05) is 12.8 Å². The zero-order valence-electron chi connectivity index (χ0n) is 14.3. The van der Waals surface area contributed by atoms with Crippen LogP contribution in [0.25, 0.3) is 5.69 Å². The molecular weight excluding hydrogens is 346 g/mol. The van der Waals surface area contributed by atoms with Gasteiger partial charge < -0.3 is 10.4 Å². The standard InChI is InChI=1S/C20H19N3O2S/c1-26-20-22-18(24)16(19(25)23(20)14-8-3-2-4-9-14)17-15-10-6-5-7-13(15)11-12-21-17/h2-10,17,21,24H,11-12H2,1H3/t17-/m0/s1. The topological polar surface area (TPSA) is 67.2 Å². The van der Waals surface area contributed by atoms with Crippen molar-refractivity contribution in [3.05, 3.63) is 81.6 Å². The summed E-state index contributed by atoms with van der Waals surface area (Å²) in [5.74, 6) is -0.208. The lowest BCUT2D eigenvalue weighted by Gasteiger charge is -2.27. The minimum atomic E-state index is -0.370. The number of aromatic hydroxyl groups is 1. The fourth-order valence-electron chi connectivity index (χ4n) is 3.46. The monoisotopic (exact) mass is 365 g/mol. The Hall–Kier alpha value is -2.57. The highest BCUT2D eigenvalue weighted by Crippen LogP contribution is 2.32. The number of hydrogen-bond donors (Lipinski definition) is 2. The molecule has 0 saturated heterocycles. The molecule has 0 radical (unpaired) electrons. The molecule has 1 aliphatic heterocycles. The van der Waals surface area contributed by atoms with E-state index in [-0.39, 0.29) is 17.5 Å². The van der Waals surface area contributed by atoms with Gasteiger partial charge >= 0.3 is 0 Å². The van der Waals surface area contributed by atoms with Crippen molar-refractivity contribution >= 4 is 11.8 Å². The van der Waals surface area contributed by atoms with Gasteiger partial charge in [-0.25, -0.2) is 0 Å². The van der Waals surface area contributed by atoms with Crippen molar-refractivity contribution < 1.29 is 5.11 Å². The molecule has 0 spiro atoms. The molecule has 2 aromatic carbocycles. The minimum absolute atomic E-state index is 0.208. The van der Waals surface area contributed by atoms with Crippen LogP contribution in [-0.4, -0.2) is 27.5 Å². The number of nitrogens with zero attached hydrogens (tertiary/aromatic N) is 2. The lowest BCUT2D eigenvalue weighted by molar-refractivity contribution is 0.418. The second-order valence-corrected chi connectivity index (χ2v) is 6.92. The summed E-state index contributed by atoms with van der Waals surface area (Å²) in [6, 6.07) is 17.1. The molecule has 4 rings (SSSR count). The molecule has 132 valence electrons. The normalized spacial score (nSPS) is 16.3.